The van der Waals surface area contributed by atoms with Crippen molar-refractivity contribution in [1.29, 1.82) is 5.26 Å². The highest BCUT2D eigenvalue weighted by atomic mass is 16.5. The number of aromatic nitrogens is 3. The Morgan fingerprint density at radius 3 is 2.90 bits per heavy atom. The van der Waals surface area contributed by atoms with Crippen molar-refractivity contribution in [3.05, 3.63) is 42.0 Å². The summed E-state index contributed by atoms with van der Waals surface area (Å²) in [5.74, 6) is 0.871. The van der Waals surface area contributed by atoms with Gasteiger partial charge >= 0.3 is 0 Å². The molecule has 1 atom stereocenters. The van der Waals surface area contributed by atoms with Crippen molar-refractivity contribution in [3.8, 4) is 6.07 Å². The molecule has 1 saturated heterocycles. The molecule has 1 aliphatic heterocycles. The van der Waals surface area contributed by atoms with Gasteiger partial charge in [0.05, 0.1) is 24.8 Å². The zero-order valence-corrected chi connectivity index (χ0v) is 11.9. The maximum Gasteiger partial charge on any atom is 0.163 e. The van der Waals surface area contributed by atoms with Crippen molar-refractivity contribution in [2.24, 2.45) is 0 Å². The number of benzene rings is 1. The number of rotatable bonds is 3. The van der Waals surface area contributed by atoms with Crippen LogP contribution in [0.5, 0.6) is 0 Å². The Labute approximate surface area is 123 Å². The van der Waals surface area contributed by atoms with Gasteiger partial charge in [-0.05, 0) is 31.2 Å². The predicted molar refractivity (Wildman–Crippen MR) is 77.8 cm³/mol. The standard InChI is InChI=1S/C15H17N5O/c1-2-19-11-17-18-15(19)14-10-20(7-8-21-14)13-5-3-12(9-16)4-6-13/h3-6,11,14H,2,7-8,10H2,1H3/t14-/m0/s1. The van der Waals surface area contributed by atoms with Crippen LogP contribution < -0.4 is 4.90 Å². The van der Waals surface area contributed by atoms with Gasteiger partial charge in [0.2, 0.25) is 0 Å². The minimum absolute atomic E-state index is 0.0724. The maximum absolute atomic E-state index is 8.86. The van der Waals surface area contributed by atoms with Gasteiger partial charge in [-0.25, -0.2) is 0 Å². The molecule has 6 nitrogen and oxygen atoms in total. The van der Waals surface area contributed by atoms with E-state index in [4.69, 9.17) is 10.00 Å². The van der Waals surface area contributed by atoms with Crippen LogP contribution in [0.15, 0.2) is 30.6 Å². The van der Waals surface area contributed by atoms with Gasteiger partial charge in [-0.2, -0.15) is 5.26 Å². The van der Waals surface area contributed by atoms with Gasteiger partial charge in [0.1, 0.15) is 12.4 Å². The summed E-state index contributed by atoms with van der Waals surface area (Å²) in [4.78, 5) is 2.25. The summed E-state index contributed by atoms with van der Waals surface area (Å²) >= 11 is 0. The SMILES string of the molecule is CCn1cnnc1[C@@H]1CN(c2ccc(C#N)cc2)CCO1. The molecule has 2 heterocycles. The third-order valence-electron chi connectivity index (χ3n) is 3.70. The Balaban J connectivity index is 1.78. The monoisotopic (exact) mass is 283 g/mol. The summed E-state index contributed by atoms with van der Waals surface area (Å²) in [6.45, 7) is 5.13. The highest BCUT2D eigenvalue weighted by Crippen LogP contribution is 2.25. The van der Waals surface area contributed by atoms with E-state index in [0.29, 0.717) is 12.2 Å². The van der Waals surface area contributed by atoms with E-state index < -0.39 is 0 Å². The van der Waals surface area contributed by atoms with Crippen LogP contribution >= 0.6 is 0 Å². The van der Waals surface area contributed by atoms with Crippen molar-refractivity contribution in [2.45, 2.75) is 19.6 Å². The van der Waals surface area contributed by atoms with Crippen LogP contribution in [-0.4, -0.2) is 34.5 Å². The maximum atomic E-state index is 8.86. The summed E-state index contributed by atoms with van der Waals surface area (Å²) < 4.78 is 7.85. The van der Waals surface area contributed by atoms with Gasteiger partial charge < -0.3 is 14.2 Å². The molecule has 0 bridgehead atoms. The second-order valence-electron chi connectivity index (χ2n) is 4.94. The molecule has 0 unspecified atom stereocenters. The molecule has 0 amide bonds. The number of anilines is 1. The predicted octanol–water partition coefficient (Wildman–Crippen LogP) is 1.75. The van der Waals surface area contributed by atoms with Gasteiger partial charge in [-0.3, -0.25) is 0 Å². The fourth-order valence-electron chi connectivity index (χ4n) is 2.54. The van der Waals surface area contributed by atoms with E-state index in [1.807, 2.05) is 28.8 Å². The molecule has 1 fully saturated rings. The third-order valence-corrected chi connectivity index (χ3v) is 3.70. The van der Waals surface area contributed by atoms with E-state index in [-0.39, 0.29) is 6.10 Å². The summed E-state index contributed by atoms with van der Waals surface area (Å²) in [6.07, 6.45) is 1.66. The largest absolute Gasteiger partial charge is 0.367 e. The first kappa shape index (κ1) is 13.6. The minimum atomic E-state index is -0.0724. The minimum Gasteiger partial charge on any atom is -0.367 e. The number of nitrogens with zero attached hydrogens (tertiary/aromatic N) is 5. The van der Waals surface area contributed by atoms with Crippen LogP contribution in [0.2, 0.25) is 0 Å². The highest BCUT2D eigenvalue weighted by Gasteiger charge is 2.26. The Hall–Kier alpha value is -2.39. The van der Waals surface area contributed by atoms with E-state index in [1.165, 1.54) is 0 Å². The molecule has 21 heavy (non-hydrogen) atoms. The van der Waals surface area contributed by atoms with E-state index in [1.54, 1.807) is 6.33 Å². The molecule has 3 rings (SSSR count). The number of nitriles is 1. The van der Waals surface area contributed by atoms with Crippen LogP contribution in [0.3, 0.4) is 0 Å². The number of hydrogen-bond acceptors (Lipinski definition) is 5. The van der Waals surface area contributed by atoms with Crippen LogP contribution in [0.1, 0.15) is 24.4 Å². The fraction of sp³-hybridized carbons (Fsp3) is 0.400. The summed E-state index contributed by atoms with van der Waals surface area (Å²) in [7, 11) is 0. The Morgan fingerprint density at radius 1 is 1.38 bits per heavy atom. The fourth-order valence-corrected chi connectivity index (χ4v) is 2.54. The number of hydrogen-bond donors (Lipinski definition) is 0. The number of ether oxygens (including phenoxy) is 1. The smallest absolute Gasteiger partial charge is 0.163 e. The molecule has 6 heteroatoms. The van der Waals surface area contributed by atoms with Crippen molar-refractivity contribution >= 4 is 5.69 Å². The first-order chi connectivity index (χ1) is 10.3. The van der Waals surface area contributed by atoms with Gasteiger partial charge in [-0.15, -0.1) is 10.2 Å². The zero-order valence-electron chi connectivity index (χ0n) is 11.9. The Morgan fingerprint density at radius 2 is 2.19 bits per heavy atom. The molecule has 2 aromatic rings. The molecule has 0 N–H and O–H groups in total. The molecular formula is C15H17N5O. The molecule has 0 spiro atoms. The first-order valence-corrected chi connectivity index (χ1v) is 7.06. The Bertz CT molecular complexity index is 643. The summed E-state index contributed by atoms with van der Waals surface area (Å²) in [5.41, 5.74) is 1.78. The van der Waals surface area contributed by atoms with Gasteiger partial charge in [0.15, 0.2) is 5.82 Å². The van der Waals surface area contributed by atoms with E-state index in [2.05, 4.69) is 28.1 Å². The lowest BCUT2D eigenvalue weighted by molar-refractivity contribution is 0.0316. The van der Waals surface area contributed by atoms with Crippen LogP contribution in [-0.2, 0) is 11.3 Å². The second-order valence-corrected chi connectivity index (χ2v) is 4.94. The lowest BCUT2D eigenvalue weighted by Gasteiger charge is -2.34. The lowest BCUT2D eigenvalue weighted by Crippen LogP contribution is -2.39. The van der Waals surface area contributed by atoms with Crippen molar-refractivity contribution < 1.29 is 4.74 Å². The highest BCUT2D eigenvalue weighted by molar-refractivity contribution is 5.50. The summed E-state index contributed by atoms with van der Waals surface area (Å²) in [6, 6.07) is 9.78. The first-order valence-electron chi connectivity index (χ1n) is 7.06. The quantitative estimate of drug-likeness (QED) is 0.858. The van der Waals surface area contributed by atoms with Crippen LogP contribution in [0.25, 0.3) is 0 Å². The van der Waals surface area contributed by atoms with Crippen molar-refractivity contribution in [2.75, 3.05) is 24.6 Å². The Kier molecular flexibility index (Phi) is 3.84. The number of morpholine rings is 1. The molecule has 0 radical (unpaired) electrons. The lowest BCUT2D eigenvalue weighted by atomic mass is 10.2. The molecule has 0 saturated carbocycles. The normalized spacial score (nSPS) is 18.5. The average molecular weight is 283 g/mol. The zero-order chi connectivity index (χ0) is 14.7. The van der Waals surface area contributed by atoms with E-state index in [0.717, 1.165) is 31.1 Å². The molecule has 1 aromatic heterocycles. The van der Waals surface area contributed by atoms with E-state index in [9.17, 15) is 0 Å². The van der Waals surface area contributed by atoms with Crippen LogP contribution in [0, 0.1) is 11.3 Å². The van der Waals surface area contributed by atoms with E-state index >= 15 is 0 Å². The van der Waals surface area contributed by atoms with Gasteiger partial charge in [-0.1, -0.05) is 0 Å². The van der Waals surface area contributed by atoms with Crippen LogP contribution in [0.4, 0.5) is 5.69 Å². The molecular weight excluding hydrogens is 266 g/mol. The molecule has 108 valence electrons. The summed E-state index contributed by atoms with van der Waals surface area (Å²) in [5, 5.41) is 17.0. The molecule has 0 aliphatic carbocycles. The second kappa shape index (κ2) is 5.94. The molecule has 1 aromatic carbocycles. The molecule has 1 aliphatic rings. The average Bonchev–Trinajstić information content (AvgIpc) is 3.04. The van der Waals surface area contributed by atoms with Crippen molar-refractivity contribution in [1.82, 2.24) is 14.8 Å². The van der Waals surface area contributed by atoms with Crippen molar-refractivity contribution in [3.63, 3.8) is 0 Å². The topological polar surface area (TPSA) is 67.0 Å². The van der Waals surface area contributed by atoms with Gasteiger partial charge in [0.25, 0.3) is 0 Å². The third kappa shape index (κ3) is 2.73. The van der Waals surface area contributed by atoms with Gasteiger partial charge in [0, 0.05) is 18.8 Å². The number of aryl methyl sites for hydroxylation is 1.